The van der Waals surface area contributed by atoms with Crippen LogP contribution in [-0.4, -0.2) is 20.1 Å². The molecule has 1 aliphatic rings. The van der Waals surface area contributed by atoms with Crippen LogP contribution in [0.2, 0.25) is 0 Å². The van der Waals surface area contributed by atoms with Crippen molar-refractivity contribution in [2.75, 3.05) is 14.2 Å². The lowest BCUT2D eigenvalue weighted by Gasteiger charge is -2.10. The van der Waals surface area contributed by atoms with Crippen molar-refractivity contribution in [3.8, 4) is 11.5 Å². The van der Waals surface area contributed by atoms with Crippen LogP contribution in [0.3, 0.4) is 0 Å². The van der Waals surface area contributed by atoms with E-state index in [1.54, 1.807) is 14.2 Å². The molecule has 0 saturated heterocycles. The Morgan fingerprint density at radius 1 is 1.00 bits per heavy atom. The summed E-state index contributed by atoms with van der Waals surface area (Å²) in [6.07, 6.45) is 0.312. The summed E-state index contributed by atoms with van der Waals surface area (Å²) in [6, 6.07) is 11.9. The van der Waals surface area contributed by atoms with Crippen molar-refractivity contribution in [3.63, 3.8) is 0 Å². The van der Waals surface area contributed by atoms with Crippen LogP contribution in [0.25, 0.3) is 0 Å². The summed E-state index contributed by atoms with van der Waals surface area (Å²) in [5.74, 6) is 1.28. The Kier molecular flexibility index (Phi) is 5.01. The lowest BCUT2D eigenvalue weighted by molar-refractivity contribution is -0.120. The van der Waals surface area contributed by atoms with Gasteiger partial charge in [0.25, 0.3) is 0 Å². The van der Waals surface area contributed by atoms with E-state index >= 15 is 0 Å². The molecule has 0 unspecified atom stereocenters. The maximum atomic E-state index is 12.2. The van der Waals surface area contributed by atoms with Crippen LogP contribution in [0.5, 0.6) is 11.5 Å². The van der Waals surface area contributed by atoms with Gasteiger partial charge in [0.15, 0.2) is 11.5 Å². The second-order valence-corrected chi connectivity index (χ2v) is 5.85. The third kappa shape index (κ3) is 3.68. The van der Waals surface area contributed by atoms with Gasteiger partial charge in [-0.2, -0.15) is 0 Å². The largest absolute Gasteiger partial charge is 0.493 e. The molecule has 0 bridgehead atoms. The van der Waals surface area contributed by atoms with E-state index in [9.17, 15) is 4.79 Å². The number of hydrogen-bond acceptors (Lipinski definition) is 4. The fourth-order valence-electron chi connectivity index (χ4n) is 2.90. The van der Waals surface area contributed by atoms with Crippen molar-refractivity contribution in [2.24, 2.45) is 0 Å². The second kappa shape index (κ2) is 7.36. The van der Waals surface area contributed by atoms with E-state index in [0.29, 0.717) is 24.5 Å². The standard InChI is InChI=1S/C19H22N2O3/c1-23-17-6-4-13(8-18(17)24-2)9-19(22)21-10-14-3-5-15-11-20-12-16(15)7-14/h3-8,20H,9-12H2,1-2H3,(H,21,22). The summed E-state index contributed by atoms with van der Waals surface area (Å²) >= 11 is 0. The third-order valence-corrected chi connectivity index (χ3v) is 4.20. The van der Waals surface area contributed by atoms with E-state index in [-0.39, 0.29) is 5.91 Å². The van der Waals surface area contributed by atoms with Gasteiger partial charge in [0.2, 0.25) is 5.91 Å². The fraction of sp³-hybridized carbons (Fsp3) is 0.316. The Labute approximate surface area is 142 Å². The van der Waals surface area contributed by atoms with E-state index < -0.39 is 0 Å². The molecule has 0 spiro atoms. The molecule has 0 aromatic heterocycles. The molecule has 126 valence electrons. The highest BCUT2D eigenvalue weighted by Gasteiger charge is 2.11. The number of hydrogen-bond donors (Lipinski definition) is 2. The van der Waals surface area contributed by atoms with E-state index in [2.05, 4.69) is 28.8 Å². The molecule has 24 heavy (non-hydrogen) atoms. The molecule has 0 atom stereocenters. The number of carbonyl (C=O) groups excluding carboxylic acids is 1. The number of amides is 1. The van der Waals surface area contributed by atoms with Crippen LogP contribution >= 0.6 is 0 Å². The molecule has 0 saturated carbocycles. The zero-order valence-electron chi connectivity index (χ0n) is 14.0. The highest BCUT2D eigenvalue weighted by atomic mass is 16.5. The number of ether oxygens (including phenoxy) is 2. The van der Waals surface area contributed by atoms with Gasteiger partial charge in [-0.3, -0.25) is 4.79 Å². The maximum absolute atomic E-state index is 12.2. The predicted octanol–water partition coefficient (Wildman–Crippen LogP) is 2.17. The molecule has 3 rings (SSSR count). The average Bonchev–Trinajstić information content (AvgIpc) is 3.07. The first-order valence-corrected chi connectivity index (χ1v) is 7.98. The summed E-state index contributed by atoms with van der Waals surface area (Å²) < 4.78 is 10.5. The van der Waals surface area contributed by atoms with Crippen LogP contribution < -0.4 is 20.1 Å². The second-order valence-electron chi connectivity index (χ2n) is 5.85. The molecule has 2 N–H and O–H groups in total. The SMILES string of the molecule is COc1ccc(CC(=O)NCc2ccc3c(c2)CNC3)cc1OC. The topological polar surface area (TPSA) is 59.6 Å². The van der Waals surface area contributed by atoms with Gasteiger partial charge in [-0.15, -0.1) is 0 Å². The van der Waals surface area contributed by atoms with E-state index in [0.717, 1.165) is 24.2 Å². The van der Waals surface area contributed by atoms with E-state index in [1.807, 2.05) is 18.2 Å². The minimum atomic E-state index is -0.0131. The van der Waals surface area contributed by atoms with Gasteiger partial charge in [-0.1, -0.05) is 24.3 Å². The Morgan fingerprint density at radius 2 is 1.75 bits per heavy atom. The Hall–Kier alpha value is -2.53. The molecular formula is C19H22N2O3. The zero-order valence-corrected chi connectivity index (χ0v) is 14.0. The van der Waals surface area contributed by atoms with Crippen molar-refractivity contribution in [2.45, 2.75) is 26.1 Å². The van der Waals surface area contributed by atoms with Crippen LogP contribution in [-0.2, 0) is 30.8 Å². The molecule has 1 aliphatic heterocycles. The van der Waals surface area contributed by atoms with Crippen molar-refractivity contribution in [1.29, 1.82) is 0 Å². The quantitative estimate of drug-likeness (QED) is 0.854. The summed E-state index contributed by atoms with van der Waals surface area (Å²) in [4.78, 5) is 12.2. The number of benzene rings is 2. The maximum Gasteiger partial charge on any atom is 0.224 e. The highest BCUT2D eigenvalue weighted by Crippen LogP contribution is 2.27. The van der Waals surface area contributed by atoms with Gasteiger partial charge in [0, 0.05) is 19.6 Å². The fourth-order valence-corrected chi connectivity index (χ4v) is 2.90. The van der Waals surface area contributed by atoms with Crippen LogP contribution in [0.15, 0.2) is 36.4 Å². The third-order valence-electron chi connectivity index (χ3n) is 4.20. The molecule has 0 fully saturated rings. The van der Waals surface area contributed by atoms with E-state index in [1.165, 1.54) is 11.1 Å². The first kappa shape index (κ1) is 16.3. The molecule has 1 heterocycles. The molecule has 1 amide bonds. The normalized spacial score (nSPS) is 12.6. The molecular weight excluding hydrogens is 304 g/mol. The summed E-state index contributed by atoms with van der Waals surface area (Å²) in [6.45, 7) is 2.38. The van der Waals surface area contributed by atoms with Gasteiger partial charge in [0.1, 0.15) is 0 Å². The lowest BCUT2D eigenvalue weighted by atomic mass is 10.1. The number of nitrogens with one attached hydrogen (secondary N) is 2. The molecule has 5 nitrogen and oxygen atoms in total. The van der Waals surface area contributed by atoms with Crippen molar-refractivity contribution < 1.29 is 14.3 Å². The molecule has 2 aromatic carbocycles. The molecule has 5 heteroatoms. The number of carbonyl (C=O) groups is 1. The minimum absolute atomic E-state index is 0.0131. The average molecular weight is 326 g/mol. The monoisotopic (exact) mass is 326 g/mol. The number of fused-ring (bicyclic) bond motifs is 1. The van der Waals surface area contributed by atoms with Gasteiger partial charge < -0.3 is 20.1 Å². The first-order valence-electron chi connectivity index (χ1n) is 7.98. The molecule has 0 radical (unpaired) electrons. The summed E-state index contributed by atoms with van der Waals surface area (Å²) in [5, 5.41) is 6.30. The van der Waals surface area contributed by atoms with Gasteiger partial charge in [-0.25, -0.2) is 0 Å². The van der Waals surface area contributed by atoms with Gasteiger partial charge in [-0.05, 0) is 34.4 Å². The van der Waals surface area contributed by atoms with Gasteiger partial charge in [0.05, 0.1) is 20.6 Å². The summed E-state index contributed by atoms with van der Waals surface area (Å²) in [7, 11) is 3.18. The number of rotatable bonds is 6. The molecule has 0 aliphatic carbocycles. The van der Waals surface area contributed by atoms with Crippen molar-refractivity contribution in [3.05, 3.63) is 58.7 Å². The minimum Gasteiger partial charge on any atom is -0.493 e. The predicted molar refractivity (Wildman–Crippen MR) is 92.1 cm³/mol. The highest BCUT2D eigenvalue weighted by molar-refractivity contribution is 5.78. The lowest BCUT2D eigenvalue weighted by Crippen LogP contribution is -2.24. The van der Waals surface area contributed by atoms with E-state index in [4.69, 9.17) is 9.47 Å². The van der Waals surface area contributed by atoms with Crippen molar-refractivity contribution in [1.82, 2.24) is 10.6 Å². The molecule has 2 aromatic rings. The summed E-state index contributed by atoms with van der Waals surface area (Å²) in [5.41, 5.74) is 4.68. The number of methoxy groups -OCH3 is 2. The Bertz CT molecular complexity index is 743. The van der Waals surface area contributed by atoms with Crippen LogP contribution in [0, 0.1) is 0 Å². The Balaban J connectivity index is 1.58. The zero-order chi connectivity index (χ0) is 16.9. The van der Waals surface area contributed by atoms with Crippen LogP contribution in [0.1, 0.15) is 22.3 Å². The smallest absolute Gasteiger partial charge is 0.224 e. The van der Waals surface area contributed by atoms with Gasteiger partial charge >= 0.3 is 0 Å². The first-order chi connectivity index (χ1) is 11.7. The van der Waals surface area contributed by atoms with Crippen molar-refractivity contribution >= 4 is 5.91 Å². The Morgan fingerprint density at radius 3 is 2.54 bits per heavy atom. The van der Waals surface area contributed by atoms with Crippen LogP contribution in [0.4, 0.5) is 0 Å².